The summed E-state index contributed by atoms with van der Waals surface area (Å²) < 4.78 is 28.0. The molecule has 21 heavy (non-hydrogen) atoms. The third-order valence-electron chi connectivity index (χ3n) is 4.51. The highest BCUT2D eigenvalue weighted by atomic mass is 32.2. The summed E-state index contributed by atoms with van der Waals surface area (Å²) in [6, 6.07) is 2.50. The first-order chi connectivity index (χ1) is 9.83. The van der Waals surface area contributed by atoms with E-state index in [0.717, 1.165) is 41.6 Å². The Labute approximate surface area is 128 Å². The molecule has 1 aliphatic rings. The van der Waals surface area contributed by atoms with Gasteiger partial charge in [-0.15, -0.1) is 0 Å². The van der Waals surface area contributed by atoms with Crippen molar-refractivity contribution < 1.29 is 8.42 Å². The van der Waals surface area contributed by atoms with Crippen LogP contribution in [0.2, 0.25) is 0 Å². The van der Waals surface area contributed by atoms with E-state index in [4.69, 9.17) is 0 Å². The molecule has 1 aliphatic heterocycles. The van der Waals surface area contributed by atoms with E-state index in [1.54, 1.807) is 0 Å². The summed E-state index contributed by atoms with van der Waals surface area (Å²) in [6.07, 6.45) is 3.18. The minimum atomic E-state index is -3.44. The van der Waals surface area contributed by atoms with E-state index in [-0.39, 0.29) is 0 Å². The van der Waals surface area contributed by atoms with E-state index < -0.39 is 10.0 Å². The molecule has 1 aromatic carbocycles. The van der Waals surface area contributed by atoms with Crippen molar-refractivity contribution in [3.8, 4) is 0 Å². The second kappa shape index (κ2) is 6.46. The van der Waals surface area contributed by atoms with E-state index >= 15 is 0 Å². The number of benzene rings is 1. The molecule has 1 atom stereocenters. The zero-order valence-corrected chi connectivity index (χ0v) is 14.2. The lowest BCUT2D eigenvalue weighted by Gasteiger charge is -2.17. The third-order valence-corrected chi connectivity index (χ3v) is 6.25. The maximum atomic E-state index is 12.6. The molecule has 1 aromatic rings. The van der Waals surface area contributed by atoms with Crippen LogP contribution in [0.4, 0.5) is 0 Å². The molecule has 1 unspecified atom stereocenters. The lowest BCUT2D eigenvalue weighted by molar-refractivity contribution is 0.539. The molecular weight excluding hydrogens is 284 g/mol. The molecule has 0 aliphatic carbocycles. The molecule has 0 aromatic heterocycles. The summed E-state index contributed by atoms with van der Waals surface area (Å²) in [7, 11) is -3.44. The predicted molar refractivity (Wildman–Crippen MR) is 86.2 cm³/mol. The summed E-state index contributed by atoms with van der Waals surface area (Å²) in [5, 5.41) is 3.39. The Hall–Kier alpha value is -0.910. The maximum Gasteiger partial charge on any atom is 0.241 e. The summed E-state index contributed by atoms with van der Waals surface area (Å²) in [4.78, 5) is 0.458. The van der Waals surface area contributed by atoms with Crippen molar-refractivity contribution in [1.82, 2.24) is 10.0 Å². The summed E-state index contributed by atoms with van der Waals surface area (Å²) >= 11 is 0. The largest absolute Gasteiger partial charge is 0.314 e. The van der Waals surface area contributed by atoms with Crippen LogP contribution in [-0.2, 0) is 10.0 Å². The van der Waals surface area contributed by atoms with E-state index in [1.165, 1.54) is 6.42 Å². The fourth-order valence-corrected chi connectivity index (χ4v) is 4.69. The first kappa shape index (κ1) is 16.5. The highest BCUT2D eigenvalue weighted by molar-refractivity contribution is 7.89. The Kier molecular flexibility index (Phi) is 5.07. The number of sulfonamides is 1. The molecule has 0 amide bonds. The van der Waals surface area contributed by atoms with Gasteiger partial charge in [0.1, 0.15) is 0 Å². The van der Waals surface area contributed by atoms with Crippen LogP contribution in [0.5, 0.6) is 0 Å². The predicted octanol–water partition coefficient (Wildman–Crippen LogP) is 2.34. The van der Waals surface area contributed by atoms with Crippen molar-refractivity contribution in [2.24, 2.45) is 0 Å². The van der Waals surface area contributed by atoms with Crippen LogP contribution in [0.3, 0.4) is 0 Å². The monoisotopic (exact) mass is 310 g/mol. The van der Waals surface area contributed by atoms with Crippen LogP contribution in [0.15, 0.2) is 11.0 Å². The van der Waals surface area contributed by atoms with Crippen molar-refractivity contribution in [1.29, 1.82) is 0 Å². The van der Waals surface area contributed by atoms with E-state index in [0.29, 0.717) is 17.5 Å². The quantitative estimate of drug-likeness (QED) is 0.877. The Morgan fingerprint density at radius 3 is 2.33 bits per heavy atom. The van der Waals surface area contributed by atoms with Crippen molar-refractivity contribution in [2.45, 2.75) is 57.9 Å². The third kappa shape index (κ3) is 3.65. The maximum absolute atomic E-state index is 12.6. The molecule has 5 heteroatoms. The molecule has 0 radical (unpaired) electrons. The van der Waals surface area contributed by atoms with Gasteiger partial charge in [0, 0.05) is 12.6 Å². The molecular formula is C16H26N2O2S. The van der Waals surface area contributed by atoms with Crippen LogP contribution in [0.1, 0.15) is 41.5 Å². The van der Waals surface area contributed by atoms with Gasteiger partial charge >= 0.3 is 0 Å². The van der Waals surface area contributed by atoms with Crippen molar-refractivity contribution in [3.63, 3.8) is 0 Å². The van der Waals surface area contributed by atoms with Gasteiger partial charge in [-0.05, 0) is 75.8 Å². The van der Waals surface area contributed by atoms with Gasteiger partial charge < -0.3 is 5.32 Å². The summed E-state index contributed by atoms with van der Waals surface area (Å²) in [6.45, 7) is 9.23. The van der Waals surface area contributed by atoms with Crippen LogP contribution < -0.4 is 10.0 Å². The first-order valence-electron chi connectivity index (χ1n) is 7.63. The van der Waals surface area contributed by atoms with Gasteiger partial charge in [0.05, 0.1) is 4.90 Å². The Bertz CT molecular complexity index is 591. The van der Waals surface area contributed by atoms with E-state index in [9.17, 15) is 8.42 Å². The van der Waals surface area contributed by atoms with Gasteiger partial charge in [-0.2, -0.15) is 0 Å². The standard InChI is InChI=1S/C16H26N2O2S/c1-11-10-12(2)14(4)16(13(11)3)21(19,20)18-9-7-15-6-5-8-17-15/h10,15,17-18H,5-9H2,1-4H3. The Balaban J connectivity index is 2.15. The molecule has 1 saturated heterocycles. The zero-order chi connectivity index (χ0) is 15.6. The van der Waals surface area contributed by atoms with Crippen molar-refractivity contribution >= 4 is 10.0 Å². The number of hydrogen-bond donors (Lipinski definition) is 2. The van der Waals surface area contributed by atoms with E-state index in [1.807, 2.05) is 33.8 Å². The summed E-state index contributed by atoms with van der Waals surface area (Å²) in [5.41, 5.74) is 3.75. The van der Waals surface area contributed by atoms with Gasteiger partial charge in [0.15, 0.2) is 0 Å². The average Bonchev–Trinajstić information content (AvgIpc) is 2.89. The zero-order valence-electron chi connectivity index (χ0n) is 13.4. The van der Waals surface area contributed by atoms with Gasteiger partial charge in [0.25, 0.3) is 0 Å². The highest BCUT2D eigenvalue weighted by Gasteiger charge is 2.22. The van der Waals surface area contributed by atoms with E-state index in [2.05, 4.69) is 10.0 Å². The molecule has 4 nitrogen and oxygen atoms in total. The second-order valence-electron chi connectivity index (χ2n) is 6.07. The molecule has 1 heterocycles. The average molecular weight is 310 g/mol. The van der Waals surface area contributed by atoms with Gasteiger partial charge in [-0.25, -0.2) is 13.1 Å². The fourth-order valence-electron chi connectivity index (χ4n) is 3.03. The number of aryl methyl sites for hydroxylation is 2. The highest BCUT2D eigenvalue weighted by Crippen LogP contribution is 2.25. The smallest absolute Gasteiger partial charge is 0.241 e. The second-order valence-corrected chi connectivity index (χ2v) is 7.77. The molecule has 0 saturated carbocycles. The molecule has 0 spiro atoms. The number of rotatable bonds is 5. The number of nitrogens with one attached hydrogen (secondary N) is 2. The Morgan fingerprint density at radius 2 is 1.81 bits per heavy atom. The normalized spacial score (nSPS) is 19.1. The lowest BCUT2D eigenvalue weighted by Crippen LogP contribution is -2.31. The van der Waals surface area contributed by atoms with Gasteiger partial charge in [-0.3, -0.25) is 0 Å². The minimum Gasteiger partial charge on any atom is -0.314 e. The van der Waals surface area contributed by atoms with Crippen LogP contribution >= 0.6 is 0 Å². The lowest BCUT2D eigenvalue weighted by atomic mass is 10.0. The SMILES string of the molecule is Cc1cc(C)c(C)c(S(=O)(=O)NCCC2CCCN2)c1C. The molecule has 118 valence electrons. The molecule has 0 bridgehead atoms. The minimum absolute atomic E-state index is 0.453. The van der Waals surface area contributed by atoms with Crippen LogP contribution in [-0.4, -0.2) is 27.5 Å². The molecule has 1 fully saturated rings. The summed E-state index contributed by atoms with van der Waals surface area (Å²) in [5.74, 6) is 0. The van der Waals surface area contributed by atoms with Gasteiger partial charge in [0.2, 0.25) is 10.0 Å². The topological polar surface area (TPSA) is 58.2 Å². The fraction of sp³-hybridized carbons (Fsp3) is 0.625. The van der Waals surface area contributed by atoms with Crippen LogP contribution in [0.25, 0.3) is 0 Å². The Morgan fingerprint density at radius 1 is 1.19 bits per heavy atom. The van der Waals surface area contributed by atoms with Crippen molar-refractivity contribution in [3.05, 3.63) is 28.3 Å². The number of hydrogen-bond acceptors (Lipinski definition) is 3. The van der Waals surface area contributed by atoms with Crippen LogP contribution in [0, 0.1) is 27.7 Å². The molecule has 2 rings (SSSR count). The van der Waals surface area contributed by atoms with Gasteiger partial charge in [-0.1, -0.05) is 6.07 Å². The molecule has 2 N–H and O–H groups in total. The van der Waals surface area contributed by atoms with Crippen molar-refractivity contribution in [2.75, 3.05) is 13.1 Å². The first-order valence-corrected chi connectivity index (χ1v) is 9.11.